The Bertz CT molecular complexity index is 488. The van der Waals surface area contributed by atoms with Crippen molar-refractivity contribution in [1.29, 1.82) is 5.26 Å². The van der Waals surface area contributed by atoms with E-state index in [9.17, 15) is 0 Å². The van der Waals surface area contributed by atoms with Gasteiger partial charge in [0.25, 0.3) is 0 Å². The molecule has 0 saturated heterocycles. The highest BCUT2D eigenvalue weighted by Crippen LogP contribution is 2.28. The number of benzene rings is 1. The van der Waals surface area contributed by atoms with Gasteiger partial charge < -0.3 is 16.4 Å². The van der Waals surface area contributed by atoms with Crippen LogP contribution in [0.15, 0.2) is 18.2 Å². The lowest BCUT2D eigenvalue weighted by molar-refractivity contribution is 0.682. The fourth-order valence-electron chi connectivity index (χ4n) is 2.16. The minimum atomic E-state index is -0.398. The van der Waals surface area contributed by atoms with Gasteiger partial charge in [-0.3, -0.25) is 0 Å². The van der Waals surface area contributed by atoms with Crippen LogP contribution < -0.4 is 16.4 Å². The van der Waals surface area contributed by atoms with Crippen LogP contribution in [0.3, 0.4) is 0 Å². The molecule has 0 aliphatic heterocycles. The van der Waals surface area contributed by atoms with Crippen molar-refractivity contribution < 1.29 is 0 Å². The SMILES string of the molecule is CC(C)CNc1cccc(CCC(N)C#N)c1NCC(C)C. The van der Waals surface area contributed by atoms with Gasteiger partial charge in [0, 0.05) is 13.1 Å². The number of para-hydroxylation sites is 1. The fourth-order valence-corrected chi connectivity index (χ4v) is 2.16. The van der Waals surface area contributed by atoms with E-state index in [0.717, 1.165) is 30.9 Å². The maximum atomic E-state index is 8.86. The van der Waals surface area contributed by atoms with Crippen molar-refractivity contribution in [2.24, 2.45) is 17.6 Å². The molecule has 0 aliphatic carbocycles. The van der Waals surface area contributed by atoms with Gasteiger partial charge in [-0.05, 0) is 36.3 Å². The first-order valence-corrected chi connectivity index (χ1v) is 8.18. The molecule has 0 spiro atoms. The molecule has 0 amide bonds. The molecule has 0 fully saturated rings. The zero-order valence-electron chi connectivity index (χ0n) is 14.3. The highest BCUT2D eigenvalue weighted by Gasteiger charge is 2.11. The summed E-state index contributed by atoms with van der Waals surface area (Å²) < 4.78 is 0. The Morgan fingerprint density at radius 2 is 1.73 bits per heavy atom. The van der Waals surface area contributed by atoms with Crippen molar-refractivity contribution >= 4 is 11.4 Å². The highest BCUT2D eigenvalue weighted by atomic mass is 15.0. The molecule has 4 nitrogen and oxygen atoms in total. The van der Waals surface area contributed by atoms with E-state index in [2.05, 4.69) is 62.6 Å². The van der Waals surface area contributed by atoms with Crippen LogP contribution in [0.2, 0.25) is 0 Å². The van der Waals surface area contributed by atoms with E-state index < -0.39 is 6.04 Å². The van der Waals surface area contributed by atoms with Crippen molar-refractivity contribution in [3.8, 4) is 6.07 Å². The number of nitrogens with zero attached hydrogens (tertiary/aromatic N) is 1. The summed E-state index contributed by atoms with van der Waals surface area (Å²) in [5, 5.41) is 15.9. The molecule has 4 N–H and O–H groups in total. The van der Waals surface area contributed by atoms with Crippen LogP contribution in [0.4, 0.5) is 11.4 Å². The van der Waals surface area contributed by atoms with Crippen LogP contribution in [0.25, 0.3) is 0 Å². The van der Waals surface area contributed by atoms with E-state index in [0.29, 0.717) is 18.3 Å². The fraction of sp³-hybridized carbons (Fsp3) is 0.611. The Balaban J connectivity index is 2.92. The lowest BCUT2D eigenvalue weighted by Gasteiger charge is -2.20. The van der Waals surface area contributed by atoms with Gasteiger partial charge in [-0.15, -0.1) is 0 Å². The second-order valence-electron chi connectivity index (χ2n) is 6.66. The zero-order chi connectivity index (χ0) is 16.5. The molecule has 0 bridgehead atoms. The third kappa shape index (κ3) is 6.36. The summed E-state index contributed by atoms with van der Waals surface area (Å²) >= 11 is 0. The number of nitrogens with one attached hydrogen (secondary N) is 2. The van der Waals surface area contributed by atoms with Crippen LogP contribution >= 0.6 is 0 Å². The van der Waals surface area contributed by atoms with E-state index in [4.69, 9.17) is 11.0 Å². The Morgan fingerprint density at radius 3 is 2.32 bits per heavy atom. The van der Waals surface area contributed by atoms with Gasteiger partial charge in [0.2, 0.25) is 0 Å². The molecular weight excluding hydrogens is 272 g/mol. The molecule has 1 aromatic carbocycles. The summed E-state index contributed by atoms with van der Waals surface area (Å²) in [5.41, 5.74) is 9.25. The summed E-state index contributed by atoms with van der Waals surface area (Å²) in [6.07, 6.45) is 1.49. The molecular formula is C18H30N4. The minimum absolute atomic E-state index is 0.398. The number of rotatable bonds is 9. The first kappa shape index (κ1) is 18.3. The van der Waals surface area contributed by atoms with Crippen molar-refractivity contribution in [3.05, 3.63) is 23.8 Å². The number of hydrogen-bond donors (Lipinski definition) is 3. The van der Waals surface area contributed by atoms with Crippen LogP contribution in [0.5, 0.6) is 0 Å². The standard InChI is InChI=1S/C18H30N4/c1-13(2)11-21-17-7-5-6-15(8-9-16(20)10-19)18(17)22-12-14(3)4/h5-7,13-14,16,21-22H,8-9,11-12,20H2,1-4H3. The Labute approximate surface area is 135 Å². The normalized spacial score (nSPS) is 12.3. The lowest BCUT2D eigenvalue weighted by atomic mass is 10.0. The molecule has 0 radical (unpaired) electrons. The maximum absolute atomic E-state index is 8.86. The van der Waals surface area contributed by atoms with E-state index in [-0.39, 0.29) is 0 Å². The number of aryl methyl sites for hydroxylation is 1. The van der Waals surface area contributed by atoms with Gasteiger partial charge in [0.1, 0.15) is 0 Å². The molecule has 1 unspecified atom stereocenters. The van der Waals surface area contributed by atoms with Crippen LogP contribution in [0.1, 0.15) is 39.7 Å². The predicted octanol–water partition coefficient (Wildman–Crippen LogP) is 3.61. The van der Waals surface area contributed by atoms with Crippen molar-refractivity contribution in [3.63, 3.8) is 0 Å². The van der Waals surface area contributed by atoms with E-state index >= 15 is 0 Å². The number of hydrogen-bond acceptors (Lipinski definition) is 4. The van der Waals surface area contributed by atoms with Gasteiger partial charge in [0.05, 0.1) is 23.5 Å². The molecule has 22 heavy (non-hydrogen) atoms. The zero-order valence-corrected chi connectivity index (χ0v) is 14.3. The molecule has 0 heterocycles. The van der Waals surface area contributed by atoms with E-state index in [1.807, 2.05) is 0 Å². The first-order chi connectivity index (χ1) is 10.4. The summed E-state index contributed by atoms with van der Waals surface area (Å²) in [6.45, 7) is 10.7. The smallest absolute Gasteiger partial charge is 0.0931 e. The number of nitriles is 1. The van der Waals surface area contributed by atoms with Crippen molar-refractivity contribution in [2.45, 2.75) is 46.6 Å². The third-order valence-electron chi connectivity index (χ3n) is 3.43. The number of nitrogens with two attached hydrogens (primary N) is 1. The largest absolute Gasteiger partial charge is 0.383 e. The Kier molecular flexibility index (Phi) is 7.76. The molecule has 0 aliphatic rings. The average molecular weight is 302 g/mol. The van der Waals surface area contributed by atoms with Gasteiger partial charge in [0.15, 0.2) is 0 Å². The summed E-state index contributed by atoms with van der Waals surface area (Å²) in [4.78, 5) is 0. The third-order valence-corrected chi connectivity index (χ3v) is 3.43. The van der Waals surface area contributed by atoms with Crippen LogP contribution in [-0.4, -0.2) is 19.1 Å². The second-order valence-corrected chi connectivity index (χ2v) is 6.66. The quantitative estimate of drug-likeness (QED) is 0.651. The molecule has 1 atom stereocenters. The summed E-state index contributed by atoms with van der Waals surface area (Å²) in [5.74, 6) is 1.17. The predicted molar refractivity (Wildman–Crippen MR) is 95.0 cm³/mol. The lowest BCUT2D eigenvalue weighted by Crippen LogP contribution is -2.19. The number of anilines is 2. The van der Waals surface area contributed by atoms with Gasteiger partial charge in [-0.1, -0.05) is 39.8 Å². The monoisotopic (exact) mass is 302 g/mol. The molecule has 1 aromatic rings. The summed E-state index contributed by atoms with van der Waals surface area (Å²) in [6, 6.07) is 8.00. The van der Waals surface area contributed by atoms with Crippen molar-refractivity contribution in [1.82, 2.24) is 0 Å². The molecule has 1 rings (SSSR count). The van der Waals surface area contributed by atoms with E-state index in [1.54, 1.807) is 0 Å². The van der Waals surface area contributed by atoms with Crippen molar-refractivity contribution in [2.75, 3.05) is 23.7 Å². The van der Waals surface area contributed by atoms with Gasteiger partial charge in [-0.2, -0.15) is 5.26 Å². The average Bonchev–Trinajstić information content (AvgIpc) is 2.48. The molecule has 4 heteroatoms. The van der Waals surface area contributed by atoms with Gasteiger partial charge >= 0.3 is 0 Å². The minimum Gasteiger partial charge on any atom is -0.383 e. The van der Waals surface area contributed by atoms with E-state index in [1.165, 1.54) is 5.56 Å². The van der Waals surface area contributed by atoms with Crippen LogP contribution in [0, 0.1) is 23.2 Å². The second kappa shape index (κ2) is 9.32. The van der Waals surface area contributed by atoms with Crippen LogP contribution in [-0.2, 0) is 6.42 Å². The first-order valence-electron chi connectivity index (χ1n) is 8.18. The summed E-state index contributed by atoms with van der Waals surface area (Å²) in [7, 11) is 0. The van der Waals surface area contributed by atoms with Gasteiger partial charge in [-0.25, -0.2) is 0 Å². The molecule has 0 saturated carbocycles. The Morgan fingerprint density at radius 1 is 1.09 bits per heavy atom. The molecule has 122 valence electrons. The Hall–Kier alpha value is -1.73. The topological polar surface area (TPSA) is 73.9 Å². The highest BCUT2D eigenvalue weighted by molar-refractivity contribution is 5.72. The molecule has 0 aromatic heterocycles. The maximum Gasteiger partial charge on any atom is 0.0931 e.